The first-order valence-electron chi connectivity index (χ1n) is 7.21. The average molecular weight is 321 g/mol. The second-order valence-electron chi connectivity index (χ2n) is 5.45. The highest BCUT2D eigenvalue weighted by atomic mass is 19.4. The molecule has 0 amide bonds. The van der Waals surface area contributed by atoms with Crippen LogP contribution in [0.1, 0.15) is 35.8 Å². The van der Waals surface area contributed by atoms with E-state index in [9.17, 15) is 13.2 Å². The SMILES string of the molecule is N#Cc1cccnc1N1CCCC(c2ncc(C(F)(F)F)[nH]2)C1. The Bertz CT molecular complexity index is 731. The topological polar surface area (TPSA) is 68.6 Å². The molecule has 1 atom stereocenters. The first-order chi connectivity index (χ1) is 11.0. The van der Waals surface area contributed by atoms with Crippen molar-refractivity contribution in [2.45, 2.75) is 24.9 Å². The van der Waals surface area contributed by atoms with Crippen LogP contribution in [-0.2, 0) is 6.18 Å². The van der Waals surface area contributed by atoms with Gasteiger partial charge in [0, 0.05) is 25.2 Å². The van der Waals surface area contributed by atoms with Gasteiger partial charge in [-0.1, -0.05) is 0 Å². The summed E-state index contributed by atoms with van der Waals surface area (Å²) in [6, 6.07) is 5.46. The molecule has 1 fully saturated rings. The number of H-pyrrole nitrogens is 1. The largest absolute Gasteiger partial charge is 0.432 e. The Morgan fingerprint density at radius 1 is 1.35 bits per heavy atom. The van der Waals surface area contributed by atoms with Gasteiger partial charge in [0.1, 0.15) is 23.4 Å². The Hall–Kier alpha value is -2.56. The summed E-state index contributed by atoms with van der Waals surface area (Å²) in [5, 5.41) is 9.16. The molecule has 1 aliphatic rings. The van der Waals surface area contributed by atoms with Crippen LogP contribution in [0.15, 0.2) is 24.5 Å². The number of nitrogens with zero attached hydrogens (tertiary/aromatic N) is 4. The molecular weight excluding hydrogens is 307 g/mol. The van der Waals surface area contributed by atoms with Crippen molar-refractivity contribution in [1.82, 2.24) is 15.0 Å². The van der Waals surface area contributed by atoms with E-state index in [0.29, 0.717) is 23.8 Å². The van der Waals surface area contributed by atoms with Gasteiger partial charge in [0.25, 0.3) is 0 Å². The summed E-state index contributed by atoms with van der Waals surface area (Å²) in [4.78, 5) is 12.4. The number of hydrogen-bond donors (Lipinski definition) is 1. The minimum absolute atomic E-state index is 0.145. The lowest BCUT2D eigenvalue weighted by Gasteiger charge is -2.33. The Morgan fingerprint density at radius 2 is 2.17 bits per heavy atom. The minimum Gasteiger partial charge on any atom is -0.355 e. The molecule has 1 N–H and O–H groups in total. The third kappa shape index (κ3) is 3.13. The summed E-state index contributed by atoms with van der Waals surface area (Å²) < 4.78 is 38.0. The molecule has 1 aliphatic heterocycles. The zero-order valence-corrected chi connectivity index (χ0v) is 12.1. The summed E-state index contributed by atoms with van der Waals surface area (Å²) in [7, 11) is 0. The second-order valence-corrected chi connectivity index (χ2v) is 5.45. The number of anilines is 1. The van der Waals surface area contributed by atoms with Crippen molar-refractivity contribution in [1.29, 1.82) is 5.26 Å². The van der Waals surface area contributed by atoms with Crippen LogP contribution in [0.25, 0.3) is 0 Å². The monoisotopic (exact) mass is 321 g/mol. The second kappa shape index (κ2) is 5.91. The van der Waals surface area contributed by atoms with Gasteiger partial charge in [0.2, 0.25) is 0 Å². The van der Waals surface area contributed by atoms with Crippen LogP contribution in [0.4, 0.5) is 19.0 Å². The molecule has 3 rings (SSSR count). The van der Waals surface area contributed by atoms with Gasteiger partial charge in [0.15, 0.2) is 0 Å². The molecule has 2 aromatic rings. The van der Waals surface area contributed by atoms with Crippen molar-refractivity contribution in [3.05, 3.63) is 41.6 Å². The molecular formula is C15H14F3N5. The van der Waals surface area contributed by atoms with Gasteiger partial charge in [-0.2, -0.15) is 18.4 Å². The molecule has 8 heteroatoms. The van der Waals surface area contributed by atoms with E-state index in [1.54, 1.807) is 18.3 Å². The molecule has 0 saturated carbocycles. The summed E-state index contributed by atoms with van der Waals surface area (Å²) in [6.45, 7) is 1.20. The van der Waals surface area contributed by atoms with Gasteiger partial charge < -0.3 is 9.88 Å². The van der Waals surface area contributed by atoms with Crippen LogP contribution in [-0.4, -0.2) is 28.0 Å². The molecule has 5 nitrogen and oxygen atoms in total. The lowest BCUT2D eigenvalue weighted by Crippen LogP contribution is -2.35. The predicted octanol–water partition coefficient (Wildman–Crippen LogP) is 3.08. The van der Waals surface area contributed by atoms with E-state index in [-0.39, 0.29) is 5.92 Å². The van der Waals surface area contributed by atoms with Crippen molar-refractivity contribution < 1.29 is 13.2 Å². The van der Waals surface area contributed by atoms with E-state index in [1.807, 2.05) is 4.90 Å². The van der Waals surface area contributed by atoms with Gasteiger partial charge in [-0.05, 0) is 25.0 Å². The van der Waals surface area contributed by atoms with Gasteiger partial charge in [-0.3, -0.25) is 0 Å². The van der Waals surface area contributed by atoms with Crippen LogP contribution in [0.5, 0.6) is 0 Å². The zero-order valence-electron chi connectivity index (χ0n) is 12.1. The van der Waals surface area contributed by atoms with Crippen LogP contribution in [0.3, 0.4) is 0 Å². The average Bonchev–Trinajstić information content (AvgIpc) is 3.05. The van der Waals surface area contributed by atoms with Gasteiger partial charge in [-0.25, -0.2) is 9.97 Å². The molecule has 23 heavy (non-hydrogen) atoms. The van der Waals surface area contributed by atoms with Gasteiger partial charge in [0.05, 0.1) is 11.8 Å². The molecule has 0 aromatic carbocycles. The number of alkyl halides is 3. The number of hydrogen-bond acceptors (Lipinski definition) is 4. The highest BCUT2D eigenvalue weighted by Crippen LogP contribution is 2.32. The zero-order chi connectivity index (χ0) is 16.4. The maximum Gasteiger partial charge on any atom is 0.432 e. The van der Waals surface area contributed by atoms with E-state index >= 15 is 0 Å². The Labute approximate surface area is 130 Å². The quantitative estimate of drug-likeness (QED) is 0.923. The van der Waals surface area contributed by atoms with Crippen LogP contribution >= 0.6 is 0 Å². The van der Waals surface area contributed by atoms with Crippen LogP contribution in [0, 0.1) is 11.3 Å². The highest BCUT2D eigenvalue weighted by molar-refractivity contribution is 5.53. The standard InChI is InChI=1S/C15H14F3N5/c16-15(17,18)12-8-21-13(22-12)11-4-2-6-23(9-11)14-10(7-19)3-1-5-20-14/h1,3,5,8,11H,2,4,6,9H2,(H,21,22). The fraction of sp³-hybridized carbons (Fsp3) is 0.400. The Morgan fingerprint density at radius 3 is 2.87 bits per heavy atom. The molecule has 1 unspecified atom stereocenters. The number of imidazole rings is 1. The number of aromatic nitrogens is 3. The predicted molar refractivity (Wildman–Crippen MR) is 76.7 cm³/mol. The molecule has 2 aromatic heterocycles. The molecule has 1 saturated heterocycles. The number of nitrogens with one attached hydrogen (secondary N) is 1. The summed E-state index contributed by atoms with van der Waals surface area (Å²) in [6.07, 6.45) is -0.442. The number of pyridine rings is 1. The van der Waals surface area contributed by atoms with Crippen molar-refractivity contribution in [3.63, 3.8) is 0 Å². The van der Waals surface area contributed by atoms with E-state index in [0.717, 1.165) is 25.6 Å². The van der Waals surface area contributed by atoms with Crippen LogP contribution in [0.2, 0.25) is 0 Å². The Balaban J connectivity index is 1.81. The van der Waals surface area contributed by atoms with Gasteiger partial charge >= 0.3 is 6.18 Å². The number of piperidine rings is 1. The first-order valence-corrected chi connectivity index (χ1v) is 7.21. The fourth-order valence-corrected chi connectivity index (χ4v) is 2.82. The molecule has 0 spiro atoms. The fourth-order valence-electron chi connectivity index (χ4n) is 2.82. The van der Waals surface area contributed by atoms with E-state index in [2.05, 4.69) is 21.0 Å². The normalized spacial score (nSPS) is 18.7. The van der Waals surface area contributed by atoms with E-state index in [1.165, 1.54) is 0 Å². The summed E-state index contributed by atoms with van der Waals surface area (Å²) in [5.74, 6) is 0.757. The Kier molecular flexibility index (Phi) is 3.94. The summed E-state index contributed by atoms with van der Waals surface area (Å²) in [5.41, 5.74) is -0.372. The number of aromatic amines is 1. The van der Waals surface area contributed by atoms with Crippen LogP contribution < -0.4 is 4.90 Å². The molecule has 0 radical (unpaired) electrons. The number of rotatable bonds is 2. The molecule has 3 heterocycles. The van der Waals surface area contributed by atoms with Gasteiger partial charge in [-0.15, -0.1) is 0 Å². The lowest BCUT2D eigenvalue weighted by atomic mass is 9.97. The smallest absolute Gasteiger partial charge is 0.355 e. The summed E-state index contributed by atoms with van der Waals surface area (Å²) >= 11 is 0. The maximum absolute atomic E-state index is 12.7. The highest BCUT2D eigenvalue weighted by Gasteiger charge is 2.34. The number of nitriles is 1. The maximum atomic E-state index is 12.7. The van der Waals surface area contributed by atoms with E-state index < -0.39 is 11.9 Å². The van der Waals surface area contributed by atoms with E-state index in [4.69, 9.17) is 5.26 Å². The third-order valence-electron chi connectivity index (χ3n) is 3.92. The van der Waals surface area contributed by atoms with Crippen molar-refractivity contribution in [3.8, 4) is 6.07 Å². The molecule has 120 valence electrons. The molecule has 0 bridgehead atoms. The number of halogens is 3. The van der Waals surface area contributed by atoms with Crippen molar-refractivity contribution >= 4 is 5.82 Å². The third-order valence-corrected chi connectivity index (χ3v) is 3.92. The molecule has 0 aliphatic carbocycles. The first kappa shape index (κ1) is 15.3. The minimum atomic E-state index is -4.42. The lowest BCUT2D eigenvalue weighted by molar-refractivity contribution is -0.141. The van der Waals surface area contributed by atoms with Crippen molar-refractivity contribution in [2.24, 2.45) is 0 Å². The van der Waals surface area contributed by atoms with Crippen molar-refractivity contribution in [2.75, 3.05) is 18.0 Å².